The number of carbonyl (C=O) groups excluding carboxylic acids is 1. The first-order chi connectivity index (χ1) is 11.7. The highest BCUT2D eigenvalue weighted by molar-refractivity contribution is 9.10. The van der Waals surface area contributed by atoms with E-state index in [0.29, 0.717) is 4.47 Å². The minimum Gasteiger partial charge on any atom is -0.287 e. The fourth-order valence-electron chi connectivity index (χ4n) is 2.21. The molecule has 0 unspecified atom stereocenters. The average molecular weight is 431 g/mol. The lowest BCUT2D eigenvalue weighted by molar-refractivity contribution is 0.102. The molecule has 3 aromatic rings. The standard InChI is InChI=1S/C14H9BrF2N4O3S/c1-25(23,24)21-9-3-2-8(16)10(11(9)17)13(22)12-7-4-6(15)5-18-14(7)20-19-12/h2-5,21H,1H3,(H,18,19,20). The van der Waals surface area contributed by atoms with Crippen LogP contribution < -0.4 is 4.72 Å². The number of fused-ring (bicyclic) bond motifs is 1. The Kier molecular flexibility index (Phi) is 4.29. The fourth-order valence-corrected chi connectivity index (χ4v) is 3.10. The molecule has 11 heteroatoms. The molecule has 2 aromatic heterocycles. The Morgan fingerprint density at radius 3 is 2.72 bits per heavy atom. The second-order valence-electron chi connectivity index (χ2n) is 5.11. The predicted octanol–water partition coefficient (Wildman–Crippen LogP) is 2.60. The number of rotatable bonds is 4. The highest BCUT2D eigenvalue weighted by Gasteiger charge is 2.26. The molecule has 0 saturated carbocycles. The molecule has 2 N–H and O–H groups in total. The van der Waals surface area contributed by atoms with Crippen LogP contribution in [0.2, 0.25) is 0 Å². The van der Waals surface area contributed by atoms with E-state index in [1.807, 2.05) is 4.72 Å². The largest absolute Gasteiger partial charge is 0.287 e. The topological polar surface area (TPSA) is 105 Å². The van der Waals surface area contributed by atoms with Crippen molar-refractivity contribution < 1.29 is 22.0 Å². The van der Waals surface area contributed by atoms with Gasteiger partial charge in [-0.1, -0.05) is 0 Å². The lowest BCUT2D eigenvalue weighted by atomic mass is 10.0. The number of aromatic nitrogens is 3. The molecule has 0 spiro atoms. The summed E-state index contributed by atoms with van der Waals surface area (Å²) in [7, 11) is -3.81. The number of benzene rings is 1. The van der Waals surface area contributed by atoms with Gasteiger partial charge in [0.1, 0.15) is 11.5 Å². The van der Waals surface area contributed by atoms with E-state index in [2.05, 4.69) is 31.1 Å². The van der Waals surface area contributed by atoms with Crippen LogP contribution in [0.5, 0.6) is 0 Å². The zero-order valence-electron chi connectivity index (χ0n) is 12.5. The van der Waals surface area contributed by atoms with Gasteiger partial charge in [0.15, 0.2) is 11.5 Å². The molecule has 130 valence electrons. The lowest BCUT2D eigenvalue weighted by Crippen LogP contribution is -2.15. The Morgan fingerprint density at radius 2 is 2.04 bits per heavy atom. The number of nitrogens with one attached hydrogen (secondary N) is 2. The summed E-state index contributed by atoms with van der Waals surface area (Å²) >= 11 is 3.19. The summed E-state index contributed by atoms with van der Waals surface area (Å²) in [4.78, 5) is 16.6. The van der Waals surface area contributed by atoms with Crippen molar-refractivity contribution in [2.24, 2.45) is 0 Å². The molecule has 0 fully saturated rings. The van der Waals surface area contributed by atoms with Gasteiger partial charge in [0.05, 0.1) is 22.9 Å². The maximum absolute atomic E-state index is 14.5. The highest BCUT2D eigenvalue weighted by Crippen LogP contribution is 2.27. The Labute approximate surface area is 148 Å². The Balaban J connectivity index is 2.16. The van der Waals surface area contributed by atoms with E-state index in [-0.39, 0.29) is 16.7 Å². The number of hydrogen-bond donors (Lipinski definition) is 2. The van der Waals surface area contributed by atoms with Crippen LogP contribution >= 0.6 is 15.9 Å². The van der Waals surface area contributed by atoms with E-state index in [1.54, 1.807) is 0 Å². The third kappa shape index (κ3) is 3.37. The molecule has 1 aromatic carbocycles. The summed E-state index contributed by atoms with van der Waals surface area (Å²) in [6.07, 6.45) is 2.27. The lowest BCUT2D eigenvalue weighted by Gasteiger charge is -2.09. The van der Waals surface area contributed by atoms with Crippen molar-refractivity contribution in [1.29, 1.82) is 0 Å². The van der Waals surface area contributed by atoms with Crippen molar-refractivity contribution in [2.45, 2.75) is 0 Å². The number of hydrogen-bond acceptors (Lipinski definition) is 5. The third-order valence-corrected chi connectivity index (χ3v) is 4.24. The van der Waals surface area contributed by atoms with Crippen molar-refractivity contribution >= 4 is 48.5 Å². The van der Waals surface area contributed by atoms with E-state index >= 15 is 0 Å². The maximum atomic E-state index is 14.5. The van der Waals surface area contributed by atoms with Gasteiger partial charge in [-0.25, -0.2) is 22.2 Å². The van der Waals surface area contributed by atoms with Crippen LogP contribution in [0.3, 0.4) is 0 Å². The molecule has 2 heterocycles. The van der Waals surface area contributed by atoms with E-state index < -0.39 is 38.7 Å². The molecular weight excluding hydrogens is 422 g/mol. The first-order valence-electron chi connectivity index (χ1n) is 6.67. The van der Waals surface area contributed by atoms with Gasteiger partial charge >= 0.3 is 0 Å². The molecular formula is C14H9BrF2N4O3S. The number of nitrogens with zero attached hydrogens (tertiary/aromatic N) is 2. The van der Waals surface area contributed by atoms with Crippen LogP contribution in [0.15, 0.2) is 28.9 Å². The quantitative estimate of drug-likeness (QED) is 0.618. The number of pyridine rings is 1. The molecule has 0 saturated heterocycles. The van der Waals surface area contributed by atoms with Gasteiger partial charge in [-0.3, -0.25) is 14.6 Å². The smallest absolute Gasteiger partial charge is 0.229 e. The maximum Gasteiger partial charge on any atom is 0.229 e. The Morgan fingerprint density at radius 1 is 1.32 bits per heavy atom. The van der Waals surface area contributed by atoms with Crippen molar-refractivity contribution in [3.8, 4) is 0 Å². The number of H-pyrrole nitrogens is 1. The van der Waals surface area contributed by atoms with Crippen LogP contribution in [0.1, 0.15) is 16.1 Å². The molecule has 0 aliphatic heterocycles. The van der Waals surface area contributed by atoms with E-state index in [9.17, 15) is 22.0 Å². The predicted molar refractivity (Wildman–Crippen MR) is 89.8 cm³/mol. The van der Waals surface area contributed by atoms with Gasteiger partial charge in [-0.15, -0.1) is 0 Å². The molecule has 0 amide bonds. The van der Waals surface area contributed by atoms with Crippen molar-refractivity contribution in [2.75, 3.05) is 11.0 Å². The van der Waals surface area contributed by atoms with Crippen LogP contribution in [0.25, 0.3) is 11.0 Å². The van der Waals surface area contributed by atoms with Crippen LogP contribution in [0.4, 0.5) is 14.5 Å². The van der Waals surface area contributed by atoms with Crippen molar-refractivity contribution in [3.63, 3.8) is 0 Å². The number of halogens is 3. The number of carbonyl (C=O) groups is 1. The van der Waals surface area contributed by atoms with E-state index in [1.165, 1.54) is 12.3 Å². The highest BCUT2D eigenvalue weighted by atomic mass is 79.9. The van der Waals surface area contributed by atoms with Gasteiger partial charge in [0.2, 0.25) is 15.8 Å². The fraction of sp³-hybridized carbons (Fsp3) is 0.0714. The van der Waals surface area contributed by atoms with Crippen molar-refractivity contribution in [1.82, 2.24) is 15.2 Å². The van der Waals surface area contributed by atoms with Gasteiger partial charge in [0.25, 0.3) is 0 Å². The van der Waals surface area contributed by atoms with Crippen LogP contribution in [0, 0.1) is 11.6 Å². The first-order valence-corrected chi connectivity index (χ1v) is 9.36. The molecule has 25 heavy (non-hydrogen) atoms. The normalized spacial score (nSPS) is 11.7. The van der Waals surface area contributed by atoms with Gasteiger partial charge < -0.3 is 0 Å². The zero-order valence-corrected chi connectivity index (χ0v) is 14.9. The van der Waals surface area contributed by atoms with Gasteiger partial charge in [-0.2, -0.15) is 5.10 Å². The van der Waals surface area contributed by atoms with Gasteiger partial charge in [-0.05, 0) is 34.1 Å². The number of aromatic amines is 1. The van der Waals surface area contributed by atoms with E-state index in [0.717, 1.165) is 18.4 Å². The second-order valence-corrected chi connectivity index (χ2v) is 7.77. The summed E-state index contributed by atoms with van der Waals surface area (Å²) in [5.41, 5.74) is -1.43. The number of anilines is 1. The molecule has 0 atom stereocenters. The summed E-state index contributed by atoms with van der Waals surface area (Å²) in [5, 5.41) is 6.53. The SMILES string of the molecule is CS(=O)(=O)Nc1ccc(F)c(C(=O)c2n[nH]c3ncc(Br)cc23)c1F. The number of sulfonamides is 1. The molecule has 0 radical (unpaired) electrons. The Hall–Kier alpha value is -2.40. The zero-order chi connectivity index (χ0) is 18.4. The summed E-state index contributed by atoms with van der Waals surface area (Å²) in [5.74, 6) is -3.51. The first kappa shape index (κ1) is 17.4. The van der Waals surface area contributed by atoms with Crippen LogP contribution in [-0.4, -0.2) is 35.6 Å². The molecule has 0 aliphatic carbocycles. The second kappa shape index (κ2) is 6.15. The third-order valence-electron chi connectivity index (χ3n) is 3.21. The van der Waals surface area contributed by atoms with E-state index in [4.69, 9.17) is 0 Å². The molecule has 7 nitrogen and oxygen atoms in total. The molecule has 0 aliphatic rings. The van der Waals surface area contributed by atoms with Gasteiger partial charge in [0, 0.05) is 10.7 Å². The molecule has 3 rings (SSSR count). The summed E-state index contributed by atoms with van der Waals surface area (Å²) in [6, 6.07) is 3.21. The summed E-state index contributed by atoms with van der Waals surface area (Å²) in [6.45, 7) is 0. The van der Waals surface area contributed by atoms with Crippen molar-refractivity contribution in [3.05, 3.63) is 51.8 Å². The minimum absolute atomic E-state index is 0.238. The number of ketones is 1. The molecule has 0 bridgehead atoms. The van der Waals surface area contributed by atoms with Crippen LogP contribution in [-0.2, 0) is 10.0 Å². The Bertz CT molecular complexity index is 1110. The summed E-state index contributed by atoms with van der Waals surface area (Å²) < 4.78 is 53.6. The minimum atomic E-state index is -3.81. The average Bonchev–Trinajstić information content (AvgIpc) is 2.92. The monoisotopic (exact) mass is 430 g/mol.